The topological polar surface area (TPSA) is 88.1 Å². The SMILES string of the molecule is COC(=O)c1ccc(/C=C2\Oc3c(ccc(OC(=O)C(C)Oc4c(F)c(F)c(F)c(F)c4F)c3C)C2=O)cc1. The third-order valence-electron chi connectivity index (χ3n) is 5.67. The number of carbonyl (C=O) groups is 3. The quantitative estimate of drug-likeness (QED) is 0.101. The first-order valence-corrected chi connectivity index (χ1v) is 11.1. The molecule has 0 fully saturated rings. The van der Waals surface area contributed by atoms with E-state index in [9.17, 15) is 36.3 Å². The van der Waals surface area contributed by atoms with E-state index >= 15 is 0 Å². The number of rotatable bonds is 6. The average molecular weight is 548 g/mol. The number of allylic oxidation sites excluding steroid dienone is 1. The van der Waals surface area contributed by atoms with E-state index in [0.29, 0.717) is 11.1 Å². The maximum absolute atomic E-state index is 13.9. The van der Waals surface area contributed by atoms with Gasteiger partial charge in [-0.2, -0.15) is 8.78 Å². The number of carbonyl (C=O) groups excluding carboxylic acids is 3. The van der Waals surface area contributed by atoms with Crippen molar-refractivity contribution in [2.75, 3.05) is 7.11 Å². The number of hydrogen-bond acceptors (Lipinski definition) is 7. The van der Waals surface area contributed by atoms with Gasteiger partial charge in [-0.3, -0.25) is 4.79 Å². The van der Waals surface area contributed by atoms with Gasteiger partial charge in [0.15, 0.2) is 17.6 Å². The number of hydrogen-bond donors (Lipinski definition) is 0. The van der Waals surface area contributed by atoms with Crippen molar-refractivity contribution in [3.8, 4) is 17.2 Å². The molecule has 3 aromatic rings. The van der Waals surface area contributed by atoms with Crippen molar-refractivity contribution in [2.45, 2.75) is 20.0 Å². The van der Waals surface area contributed by atoms with Crippen LogP contribution in [0, 0.1) is 36.0 Å². The minimum absolute atomic E-state index is 0.0505. The molecule has 3 aromatic carbocycles. The van der Waals surface area contributed by atoms with E-state index in [0.717, 1.165) is 6.92 Å². The first-order valence-electron chi connectivity index (χ1n) is 11.1. The molecule has 1 atom stereocenters. The summed E-state index contributed by atoms with van der Waals surface area (Å²) < 4.78 is 88.1. The first-order chi connectivity index (χ1) is 18.4. The van der Waals surface area contributed by atoms with Gasteiger partial charge < -0.3 is 18.9 Å². The Morgan fingerprint density at radius 1 is 0.897 bits per heavy atom. The summed E-state index contributed by atoms with van der Waals surface area (Å²) in [6.45, 7) is 2.45. The van der Waals surface area contributed by atoms with Crippen LogP contribution in [0.25, 0.3) is 6.08 Å². The minimum Gasteiger partial charge on any atom is -0.473 e. The van der Waals surface area contributed by atoms with E-state index in [4.69, 9.17) is 14.2 Å². The van der Waals surface area contributed by atoms with Gasteiger partial charge in [0.25, 0.3) is 0 Å². The van der Waals surface area contributed by atoms with Crippen molar-refractivity contribution < 1.29 is 55.3 Å². The highest BCUT2D eigenvalue weighted by atomic mass is 19.2. The second-order valence-electron chi connectivity index (χ2n) is 8.20. The van der Waals surface area contributed by atoms with E-state index in [2.05, 4.69) is 4.74 Å². The Morgan fingerprint density at radius 3 is 2.08 bits per heavy atom. The Kier molecular flexibility index (Phi) is 7.39. The first kappa shape index (κ1) is 27.3. The molecular formula is C27H17F5O7. The van der Waals surface area contributed by atoms with Gasteiger partial charge in [-0.25, -0.2) is 22.8 Å². The number of methoxy groups -OCH3 is 1. The van der Waals surface area contributed by atoms with Crippen molar-refractivity contribution >= 4 is 23.8 Å². The lowest BCUT2D eigenvalue weighted by Gasteiger charge is -2.16. The second kappa shape index (κ2) is 10.6. The van der Waals surface area contributed by atoms with Gasteiger partial charge in [0.2, 0.25) is 34.9 Å². The number of benzene rings is 3. The molecular weight excluding hydrogens is 531 g/mol. The predicted octanol–water partition coefficient (Wildman–Crippen LogP) is 5.47. The lowest BCUT2D eigenvalue weighted by atomic mass is 10.1. The Labute approximate surface area is 217 Å². The van der Waals surface area contributed by atoms with E-state index in [1.54, 1.807) is 12.1 Å². The van der Waals surface area contributed by atoms with Crippen LogP contribution in [-0.4, -0.2) is 30.9 Å². The fraction of sp³-hybridized carbons (Fsp3) is 0.148. The largest absolute Gasteiger partial charge is 0.473 e. The molecule has 0 radical (unpaired) electrons. The highest BCUT2D eigenvalue weighted by Crippen LogP contribution is 2.39. The van der Waals surface area contributed by atoms with Crippen LogP contribution in [0.5, 0.6) is 17.2 Å². The monoisotopic (exact) mass is 548 g/mol. The molecule has 7 nitrogen and oxygen atoms in total. The molecule has 0 aliphatic carbocycles. The highest BCUT2D eigenvalue weighted by Gasteiger charge is 2.33. The smallest absolute Gasteiger partial charge is 0.352 e. The number of Topliss-reactive ketones (excluding diaryl/α,β-unsaturated/α-hetero) is 1. The summed E-state index contributed by atoms with van der Waals surface area (Å²) >= 11 is 0. The minimum atomic E-state index is -2.37. The Hall–Kier alpha value is -4.74. The van der Waals surface area contributed by atoms with Crippen LogP contribution in [0.4, 0.5) is 22.0 Å². The molecule has 1 unspecified atom stereocenters. The van der Waals surface area contributed by atoms with Crippen molar-refractivity contribution in [3.05, 3.63) is 93.5 Å². The average Bonchev–Trinajstić information content (AvgIpc) is 3.25. The molecule has 0 aromatic heterocycles. The molecule has 1 aliphatic rings. The number of ether oxygens (including phenoxy) is 4. The molecule has 0 saturated heterocycles. The van der Waals surface area contributed by atoms with Gasteiger partial charge in [0.05, 0.1) is 18.2 Å². The number of ketones is 1. The zero-order valence-corrected chi connectivity index (χ0v) is 20.4. The van der Waals surface area contributed by atoms with E-state index in [-0.39, 0.29) is 28.4 Å². The van der Waals surface area contributed by atoms with Gasteiger partial charge in [-0.05, 0) is 49.8 Å². The van der Waals surface area contributed by atoms with Crippen LogP contribution in [0.1, 0.15) is 38.8 Å². The van der Waals surface area contributed by atoms with Crippen molar-refractivity contribution in [2.24, 2.45) is 0 Å². The van der Waals surface area contributed by atoms with Crippen LogP contribution < -0.4 is 14.2 Å². The second-order valence-corrected chi connectivity index (χ2v) is 8.20. The normalized spacial score (nSPS) is 14.1. The fourth-order valence-electron chi connectivity index (χ4n) is 3.57. The third kappa shape index (κ3) is 5.05. The molecule has 12 heteroatoms. The number of esters is 2. The third-order valence-corrected chi connectivity index (χ3v) is 5.67. The number of fused-ring (bicyclic) bond motifs is 1. The van der Waals surface area contributed by atoms with Crippen LogP contribution in [0.3, 0.4) is 0 Å². The van der Waals surface area contributed by atoms with E-state index < -0.39 is 58.7 Å². The molecule has 0 N–H and O–H groups in total. The summed E-state index contributed by atoms with van der Waals surface area (Å²) in [7, 11) is 1.25. The molecule has 202 valence electrons. The van der Waals surface area contributed by atoms with Gasteiger partial charge >= 0.3 is 11.9 Å². The van der Waals surface area contributed by atoms with Gasteiger partial charge in [-0.1, -0.05) is 12.1 Å². The standard InChI is InChI=1S/C27H17F5O7/c1-11-16(39-26(34)12(2)37-25-21(31)19(29)18(28)20(30)22(25)32)9-8-15-23(33)17(38-24(11)15)10-13-4-6-14(7-5-13)27(35)36-3/h4-10,12H,1-3H3/b17-10-. The van der Waals surface area contributed by atoms with Crippen molar-refractivity contribution in [1.29, 1.82) is 0 Å². The van der Waals surface area contributed by atoms with Gasteiger partial charge in [-0.15, -0.1) is 0 Å². The van der Waals surface area contributed by atoms with Crippen LogP contribution in [-0.2, 0) is 9.53 Å². The van der Waals surface area contributed by atoms with E-state index in [1.165, 1.54) is 44.4 Å². The zero-order chi connectivity index (χ0) is 28.6. The Balaban J connectivity index is 1.52. The maximum Gasteiger partial charge on any atom is 0.352 e. The molecule has 1 aliphatic heterocycles. The van der Waals surface area contributed by atoms with Gasteiger partial charge in [0, 0.05) is 5.56 Å². The molecule has 0 spiro atoms. The zero-order valence-electron chi connectivity index (χ0n) is 20.4. The summed E-state index contributed by atoms with van der Waals surface area (Å²) in [5.41, 5.74) is 1.22. The molecule has 0 bridgehead atoms. The fourth-order valence-corrected chi connectivity index (χ4v) is 3.57. The lowest BCUT2D eigenvalue weighted by Crippen LogP contribution is -2.29. The summed E-state index contributed by atoms with van der Waals surface area (Å²) in [6.07, 6.45) is -0.356. The van der Waals surface area contributed by atoms with Crippen molar-refractivity contribution in [3.63, 3.8) is 0 Å². The number of halogens is 5. The maximum atomic E-state index is 13.9. The molecule has 0 saturated carbocycles. The summed E-state index contributed by atoms with van der Waals surface area (Å²) in [5, 5.41) is 0. The van der Waals surface area contributed by atoms with Gasteiger partial charge in [0.1, 0.15) is 11.5 Å². The van der Waals surface area contributed by atoms with E-state index in [1.807, 2.05) is 0 Å². The Morgan fingerprint density at radius 2 is 1.49 bits per heavy atom. The molecule has 0 amide bonds. The summed E-state index contributed by atoms with van der Waals surface area (Å²) in [4.78, 5) is 36.9. The predicted molar refractivity (Wildman–Crippen MR) is 124 cm³/mol. The molecule has 1 heterocycles. The van der Waals surface area contributed by atoms with Crippen LogP contribution >= 0.6 is 0 Å². The molecule has 4 rings (SSSR count). The van der Waals surface area contributed by atoms with Crippen LogP contribution in [0.2, 0.25) is 0 Å². The van der Waals surface area contributed by atoms with Crippen molar-refractivity contribution in [1.82, 2.24) is 0 Å². The summed E-state index contributed by atoms with van der Waals surface area (Å²) in [6, 6.07) is 8.75. The highest BCUT2D eigenvalue weighted by molar-refractivity contribution is 6.15. The lowest BCUT2D eigenvalue weighted by molar-refractivity contribution is -0.141. The molecule has 39 heavy (non-hydrogen) atoms. The Bertz CT molecular complexity index is 1520. The summed E-state index contributed by atoms with van der Waals surface area (Å²) in [5.74, 6) is -15.3. The van der Waals surface area contributed by atoms with Crippen LogP contribution in [0.15, 0.2) is 42.2 Å².